The smallest absolute Gasteiger partial charge is 0.162 e. The average Bonchev–Trinajstić information content (AvgIpc) is 2.24. The van der Waals surface area contributed by atoms with Crippen LogP contribution in [0.1, 0.15) is 13.8 Å². The Bertz CT molecular complexity index is 169. The maximum absolute atomic E-state index is 9.60. The first-order valence-electron chi connectivity index (χ1n) is 4.39. The van der Waals surface area contributed by atoms with Crippen molar-refractivity contribution in [1.29, 1.82) is 0 Å². The van der Waals surface area contributed by atoms with Crippen LogP contribution in [0, 0.1) is 5.41 Å². The molecular weight excluding hydrogens is 172 g/mol. The Morgan fingerprint density at radius 2 is 2.00 bits per heavy atom. The number of rotatable bonds is 3. The highest BCUT2D eigenvalue weighted by Crippen LogP contribution is 2.38. The minimum absolute atomic E-state index is 0.123. The predicted octanol–water partition coefficient (Wildman–Crippen LogP) is 0.391. The van der Waals surface area contributed by atoms with Gasteiger partial charge in [0.2, 0.25) is 0 Å². The van der Waals surface area contributed by atoms with E-state index in [1.807, 2.05) is 13.8 Å². The molecule has 0 aromatic heterocycles. The zero-order valence-corrected chi connectivity index (χ0v) is 8.61. The molecule has 78 valence electrons. The molecule has 1 rings (SSSR count). The maximum atomic E-state index is 9.60. The van der Waals surface area contributed by atoms with Gasteiger partial charge in [0, 0.05) is 19.6 Å². The van der Waals surface area contributed by atoms with Crippen LogP contribution in [0.5, 0.6) is 0 Å². The molecule has 0 aromatic carbocycles. The molecule has 4 heteroatoms. The molecule has 1 saturated heterocycles. The van der Waals surface area contributed by atoms with E-state index in [1.165, 1.54) is 0 Å². The van der Waals surface area contributed by atoms with Crippen LogP contribution < -0.4 is 0 Å². The van der Waals surface area contributed by atoms with Gasteiger partial charge in [-0.1, -0.05) is 13.8 Å². The van der Waals surface area contributed by atoms with E-state index >= 15 is 0 Å². The molecule has 0 radical (unpaired) electrons. The number of ether oxygens (including phenoxy) is 3. The van der Waals surface area contributed by atoms with Crippen LogP contribution in [0.25, 0.3) is 0 Å². The third-order valence-corrected chi connectivity index (χ3v) is 2.60. The van der Waals surface area contributed by atoms with Crippen molar-refractivity contribution in [1.82, 2.24) is 0 Å². The molecule has 1 heterocycles. The molecule has 1 N–H and O–H groups in total. The molecule has 0 saturated carbocycles. The number of hydrogen-bond acceptors (Lipinski definition) is 4. The van der Waals surface area contributed by atoms with Gasteiger partial charge in [-0.05, 0) is 0 Å². The summed E-state index contributed by atoms with van der Waals surface area (Å²) < 4.78 is 15.6. The topological polar surface area (TPSA) is 47.9 Å². The van der Waals surface area contributed by atoms with Crippen LogP contribution in [0.2, 0.25) is 0 Å². The van der Waals surface area contributed by atoms with Crippen molar-refractivity contribution in [2.45, 2.75) is 32.3 Å². The predicted molar refractivity (Wildman–Crippen MR) is 47.3 cm³/mol. The van der Waals surface area contributed by atoms with Gasteiger partial charge in [-0.25, -0.2) is 0 Å². The summed E-state index contributed by atoms with van der Waals surface area (Å²) in [6.45, 7) is 4.28. The second-order valence-electron chi connectivity index (χ2n) is 3.96. The van der Waals surface area contributed by atoms with Gasteiger partial charge >= 0.3 is 0 Å². The lowest BCUT2D eigenvalue weighted by atomic mass is 9.86. The molecule has 0 spiro atoms. The molecule has 1 fully saturated rings. The van der Waals surface area contributed by atoms with Gasteiger partial charge in [-0.15, -0.1) is 0 Å². The van der Waals surface area contributed by atoms with Gasteiger partial charge in [0.25, 0.3) is 0 Å². The van der Waals surface area contributed by atoms with E-state index in [9.17, 15) is 5.11 Å². The van der Waals surface area contributed by atoms with E-state index < -0.39 is 6.29 Å². The van der Waals surface area contributed by atoms with Gasteiger partial charge in [-0.2, -0.15) is 0 Å². The fourth-order valence-corrected chi connectivity index (χ4v) is 1.78. The second kappa shape index (κ2) is 3.92. The summed E-state index contributed by atoms with van der Waals surface area (Å²) in [5, 5.41) is 9.60. The summed E-state index contributed by atoms with van der Waals surface area (Å²) in [7, 11) is 3.23. The number of aliphatic hydroxyl groups is 1. The lowest BCUT2D eigenvalue weighted by molar-refractivity contribution is -0.135. The monoisotopic (exact) mass is 190 g/mol. The fraction of sp³-hybridized carbons (Fsp3) is 1.00. The summed E-state index contributed by atoms with van der Waals surface area (Å²) in [6, 6.07) is 0. The molecular formula is C9H18O4. The number of methoxy groups -OCH3 is 2. The van der Waals surface area contributed by atoms with Crippen molar-refractivity contribution < 1.29 is 19.3 Å². The van der Waals surface area contributed by atoms with Crippen LogP contribution in [-0.2, 0) is 14.2 Å². The Morgan fingerprint density at radius 1 is 1.38 bits per heavy atom. The third kappa shape index (κ3) is 1.86. The van der Waals surface area contributed by atoms with Crippen LogP contribution in [0.3, 0.4) is 0 Å². The average molecular weight is 190 g/mol. The zero-order chi connectivity index (χ0) is 10.1. The standard InChI is InChI=1S/C9H18O4/c1-9(2)7(12-4)6(5-11-3)13-8(9)10/h6-8,10H,5H2,1-4H3/t6-,7-,8?/m1/s1. The molecule has 0 aromatic rings. The maximum Gasteiger partial charge on any atom is 0.162 e. The van der Waals surface area contributed by atoms with E-state index in [2.05, 4.69) is 0 Å². The summed E-state index contributed by atoms with van der Waals surface area (Å²) in [5.41, 5.74) is -0.377. The Hall–Kier alpha value is -0.160. The van der Waals surface area contributed by atoms with E-state index in [4.69, 9.17) is 14.2 Å². The first-order valence-corrected chi connectivity index (χ1v) is 4.39. The van der Waals surface area contributed by atoms with Gasteiger partial charge in [0.05, 0.1) is 12.7 Å². The first-order chi connectivity index (χ1) is 6.04. The molecule has 1 aliphatic heterocycles. The minimum Gasteiger partial charge on any atom is -0.382 e. The van der Waals surface area contributed by atoms with Crippen molar-refractivity contribution in [2.24, 2.45) is 5.41 Å². The second-order valence-corrected chi connectivity index (χ2v) is 3.96. The van der Waals surface area contributed by atoms with Gasteiger partial charge in [0.1, 0.15) is 6.10 Å². The van der Waals surface area contributed by atoms with Gasteiger partial charge in [-0.3, -0.25) is 0 Å². The largest absolute Gasteiger partial charge is 0.382 e. The summed E-state index contributed by atoms with van der Waals surface area (Å²) in [5.74, 6) is 0. The molecule has 4 nitrogen and oxygen atoms in total. The Labute approximate surface area is 78.8 Å². The van der Waals surface area contributed by atoms with E-state index in [-0.39, 0.29) is 17.6 Å². The van der Waals surface area contributed by atoms with Crippen LogP contribution in [0.15, 0.2) is 0 Å². The van der Waals surface area contributed by atoms with Crippen molar-refractivity contribution >= 4 is 0 Å². The van der Waals surface area contributed by atoms with E-state index in [1.54, 1.807) is 14.2 Å². The first kappa shape index (κ1) is 10.9. The third-order valence-electron chi connectivity index (χ3n) is 2.60. The molecule has 0 aliphatic carbocycles. The van der Waals surface area contributed by atoms with Crippen molar-refractivity contribution in [3.8, 4) is 0 Å². The van der Waals surface area contributed by atoms with E-state index in [0.29, 0.717) is 6.61 Å². The molecule has 3 atom stereocenters. The lowest BCUT2D eigenvalue weighted by Gasteiger charge is -2.27. The highest BCUT2D eigenvalue weighted by atomic mass is 16.6. The molecule has 13 heavy (non-hydrogen) atoms. The van der Waals surface area contributed by atoms with E-state index in [0.717, 1.165) is 0 Å². The SMILES string of the molecule is COC[C@H]1OC(O)C(C)(C)[C@@H]1OC. The van der Waals surface area contributed by atoms with Gasteiger partial charge < -0.3 is 19.3 Å². The van der Waals surface area contributed by atoms with Crippen molar-refractivity contribution in [3.63, 3.8) is 0 Å². The molecule has 1 aliphatic rings. The summed E-state index contributed by atoms with van der Waals surface area (Å²) in [4.78, 5) is 0. The Kier molecular flexibility index (Phi) is 3.29. The lowest BCUT2D eigenvalue weighted by Crippen LogP contribution is -2.38. The van der Waals surface area contributed by atoms with Crippen molar-refractivity contribution in [2.75, 3.05) is 20.8 Å². The molecule has 0 bridgehead atoms. The van der Waals surface area contributed by atoms with Crippen molar-refractivity contribution in [3.05, 3.63) is 0 Å². The quantitative estimate of drug-likeness (QED) is 0.699. The highest BCUT2D eigenvalue weighted by molar-refractivity contribution is 4.93. The zero-order valence-electron chi connectivity index (χ0n) is 8.61. The van der Waals surface area contributed by atoms with Crippen LogP contribution in [0.4, 0.5) is 0 Å². The van der Waals surface area contributed by atoms with Crippen LogP contribution in [-0.4, -0.2) is 44.4 Å². The Morgan fingerprint density at radius 3 is 2.46 bits per heavy atom. The number of hydrogen-bond donors (Lipinski definition) is 1. The highest BCUT2D eigenvalue weighted by Gasteiger charge is 2.50. The molecule has 1 unspecified atom stereocenters. The molecule has 0 amide bonds. The summed E-state index contributed by atoms with van der Waals surface area (Å²) >= 11 is 0. The van der Waals surface area contributed by atoms with Gasteiger partial charge in [0.15, 0.2) is 6.29 Å². The number of aliphatic hydroxyl groups excluding tert-OH is 1. The minimum atomic E-state index is -0.780. The Balaban J connectivity index is 2.70. The fourth-order valence-electron chi connectivity index (χ4n) is 1.78. The summed E-state index contributed by atoms with van der Waals surface area (Å²) in [6.07, 6.45) is -1.08. The van der Waals surface area contributed by atoms with Crippen LogP contribution >= 0.6 is 0 Å². The normalized spacial score (nSPS) is 38.1.